The number of aryl methyl sites for hydroxylation is 1. The Hall–Kier alpha value is -2.49. The second kappa shape index (κ2) is 7.40. The molecule has 1 saturated heterocycles. The van der Waals surface area contributed by atoms with Gasteiger partial charge in [-0.05, 0) is 68.1 Å². The third-order valence-corrected chi connectivity index (χ3v) is 7.32. The smallest absolute Gasteiger partial charge is 0.255 e. The van der Waals surface area contributed by atoms with Crippen molar-refractivity contribution in [2.24, 2.45) is 5.14 Å². The number of hydrogen-bond acceptors (Lipinski definition) is 6. The summed E-state index contributed by atoms with van der Waals surface area (Å²) in [5.41, 5.74) is 3.02. The highest BCUT2D eigenvalue weighted by molar-refractivity contribution is 7.89. The monoisotopic (exact) mass is 430 g/mol. The first-order valence-corrected chi connectivity index (χ1v) is 11.7. The number of carbonyl (C=O) groups excluding carboxylic acids is 1. The molecule has 0 unspecified atom stereocenters. The number of aromatic nitrogens is 1. The van der Waals surface area contributed by atoms with E-state index in [-0.39, 0.29) is 16.4 Å². The molecule has 29 heavy (non-hydrogen) atoms. The van der Waals surface area contributed by atoms with Crippen molar-refractivity contribution in [3.8, 4) is 0 Å². The fourth-order valence-corrected chi connectivity index (χ4v) is 5.43. The van der Waals surface area contributed by atoms with Crippen LogP contribution in [0.25, 0.3) is 10.2 Å². The molecule has 0 atom stereocenters. The summed E-state index contributed by atoms with van der Waals surface area (Å²) in [4.78, 5) is 19.7. The molecule has 0 saturated carbocycles. The molecule has 0 radical (unpaired) electrons. The van der Waals surface area contributed by atoms with Crippen molar-refractivity contribution in [1.29, 1.82) is 0 Å². The van der Waals surface area contributed by atoms with Crippen molar-refractivity contribution in [2.45, 2.75) is 31.6 Å². The number of primary sulfonamides is 1. The van der Waals surface area contributed by atoms with E-state index >= 15 is 0 Å². The number of nitrogens with one attached hydrogen (secondary N) is 1. The van der Waals surface area contributed by atoms with Gasteiger partial charge in [-0.3, -0.25) is 4.79 Å². The molecule has 1 aliphatic rings. The van der Waals surface area contributed by atoms with Crippen LogP contribution in [0.3, 0.4) is 0 Å². The van der Waals surface area contributed by atoms with E-state index in [4.69, 9.17) is 5.14 Å². The van der Waals surface area contributed by atoms with Gasteiger partial charge in [-0.15, -0.1) is 0 Å². The van der Waals surface area contributed by atoms with Crippen LogP contribution in [-0.4, -0.2) is 32.4 Å². The number of fused-ring (bicyclic) bond motifs is 1. The van der Waals surface area contributed by atoms with E-state index in [9.17, 15) is 13.2 Å². The van der Waals surface area contributed by atoms with Gasteiger partial charge in [-0.1, -0.05) is 11.3 Å². The predicted molar refractivity (Wildman–Crippen MR) is 116 cm³/mol. The van der Waals surface area contributed by atoms with Crippen LogP contribution in [0.1, 0.15) is 34.3 Å². The van der Waals surface area contributed by atoms with E-state index in [2.05, 4.69) is 15.2 Å². The van der Waals surface area contributed by atoms with Gasteiger partial charge in [-0.25, -0.2) is 18.5 Å². The van der Waals surface area contributed by atoms with Gasteiger partial charge in [0.1, 0.15) is 0 Å². The lowest BCUT2D eigenvalue weighted by Gasteiger charge is -2.11. The molecule has 4 rings (SSSR count). The van der Waals surface area contributed by atoms with Crippen LogP contribution in [0, 0.1) is 13.8 Å². The lowest BCUT2D eigenvalue weighted by Crippen LogP contribution is -2.17. The second-order valence-electron chi connectivity index (χ2n) is 7.29. The number of benzene rings is 2. The topological polar surface area (TPSA) is 105 Å². The summed E-state index contributed by atoms with van der Waals surface area (Å²) < 4.78 is 24.7. The quantitative estimate of drug-likeness (QED) is 0.660. The molecule has 0 bridgehead atoms. The van der Waals surface area contributed by atoms with Crippen LogP contribution in [0.15, 0.2) is 35.2 Å². The number of hydrogen-bond donors (Lipinski definition) is 2. The number of rotatable bonds is 4. The molecule has 0 aliphatic carbocycles. The Morgan fingerprint density at radius 3 is 2.59 bits per heavy atom. The zero-order valence-corrected chi connectivity index (χ0v) is 17.9. The first-order chi connectivity index (χ1) is 13.7. The van der Waals surface area contributed by atoms with E-state index in [1.54, 1.807) is 37.3 Å². The average molecular weight is 431 g/mol. The molecular weight excluding hydrogens is 408 g/mol. The number of nitrogens with two attached hydrogens (primary N) is 1. The van der Waals surface area contributed by atoms with Gasteiger partial charge < -0.3 is 10.2 Å². The molecule has 1 fully saturated rings. The van der Waals surface area contributed by atoms with Crippen molar-refractivity contribution in [3.63, 3.8) is 0 Å². The fourth-order valence-electron chi connectivity index (χ4n) is 3.49. The lowest BCUT2D eigenvalue weighted by atomic mass is 10.1. The minimum Gasteiger partial charge on any atom is -0.348 e. The zero-order chi connectivity index (χ0) is 20.8. The van der Waals surface area contributed by atoms with Crippen molar-refractivity contribution in [1.82, 2.24) is 4.98 Å². The predicted octanol–water partition coefficient (Wildman–Crippen LogP) is 3.41. The van der Waals surface area contributed by atoms with Crippen LogP contribution in [0.5, 0.6) is 0 Å². The fraction of sp³-hybridized carbons (Fsp3) is 0.300. The molecule has 152 valence electrons. The molecular formula is C20H22N4O3S2. The Bertz CT molecular complexity index is 1210. The normalized spacial score (nSPS) is 14.5. The Balaban J connectivity index is 1.61. The van der Waals surface area contributed by atoms with Gasteiger partial charge >= 0.3 is 0 Å². The van der Waals surface area contributed by atoms with Gasteiger partial charge in [0.25, 0.3) is 5.91 Å². The standard InChI is InChI=1S/C20H22N4O3S2/c1-12-9-14(10-18(13(12)2)29(21,26)27)19(25)22-15-5-6-16-17(11-15)28-20(23-16)24-7-3-4-8-24/h5-6,9-11H,3-4,7-8H2,1-2H3,(H,22,25)(H2,21,26,27). The highest BCUT2D eigenvalue weighted by Crippen LogP contribution is 2.32. The van der Waals surface area contributed by atoms with Crippen LogP contribution < -0.4 is 15.4 Å². The van der Waals surface area contributed by atoms with Crippen LogP contribution >= 0.6 is 11.3 Å². The lowest BCUT2D eigenvalue weighted by molar-refractivity contribution is 0.102. The molecule has 2 heterocycles. The van der Waals surface area contributed by atoms with Crippen molar-refractivity contribution < 1.29 is 13.2 Å². The second-order valence-corrected chi connectivity index (χ2v) is 9.83. The summed E-state index contributed by atoms with van der Waals surface area (Å²) in [6.45, 7) is 5.49. The zero-order valence-electron chi connectivity index (χ0n) is 16.2. The molecule has 3 N–H and O–H groups in total. The van der Waals surface area contributed by atoms with E-state index in [0.29, 0.717) is 16.8 Å². The van der Waals surface area contributed by atoms with Gasteiger partial charge in [0, 0.05) is 24.3 Å². The molecule has 3 aromatic rings. The summed E-state index contributed by atoms with van der Waals surface area (Å²) in [6, 6.07) is 8.57. The number of carbonyl (C=O) groups is 1. The number of amides is 1. The Kier molecular flexibility index (Phi) is 5.05. The number of sulfonamides is 1. The van der Waals surface area contributed by atoms with Crippen molar-refractivity contribution in [2.75, 3.05) is 23.3 Å². The summed E-state index contributed by atoms with van der Waals surface area (Å²) in [6.07, 6.45) is 2.38. The summed E-state index contributed by atoms with van der Waals surface area (Å²) in [5.74, 6) is -0.387. The molecule has 7 nitrogen and oxygen atoms in total. The Morgan fingerprint density at radius 2 is 1.90 bits per heavy atom. The minimum atomic E-state index is -3.91. The molecule has 1 aliphatic heterocycles. The summed E-state index contributed by atoms with van der Waals surface area (Å²) >= 11 is 1.61. The minimum absolute atomic E-state index is 0.0317. The number of anilines is 2. The molecule has 1 amide bonds. The first kappa shape index (κ1) is 19.8. The molecule has 2 aromatic carbocycles. The average Bonchev–Trinajstić information content (AvgIpc) is 3.31. The summed E-state index contributed by atoms with van der Waals surface area (Å²) in [5, 5.41) is 9.15. The maximum atomic E-state index is 12.7. The Labute approximate surface area is 173 Å². The number of nitrogens with zero attached hydrogens (tertiary/aromatic N) is 2. The Morgan fingerprint density at radius 1 is 1.17 bits per heavy atom. The van der Waals surface area contributed by atoms with E-state index in [1.807, 2.05) is 12.1 Å². The van der Waals surface area contributed by atoms with Crippen molar-refractivity contribution in [3.05, 3.63) is 47.0 Å². The highest BCUT2D eigenvalue weighted by atomic mass is 32.2. The maximum Gasteiger partial charge on any atom is 0.255 e. The van der Waals surface area contributed by atoms with Gasteiger partial charge in [0.2, 0.25) is 10.0 Å². The molecule has 1 aromatic heterocycles. The number of thiazole rings is 1. The largest absolute Gasteiger partial charge is 0.348 e. The van der Waals surface area contributed by atoms with E-state index in [0.717, 1.165) is 28.4 Å². The summed E-state index contributed by atoms with van der Waals surface area (Å²) in [7, 11) is -3.91. The van der Waals surface area contributed by atoms with Crippen LogP contribution in [0.2, 0.25) is 0 Å². The van der Waals surface area contributed by atoms with Gasteiger partial charge in [0.05, 0.1) is 15.1 Å². The van der Waals surface area contributed by atoms with Crippen LogP contribution in [-0.2, 0) is 10.0 Å². The van der Waals surface area contributed by atoms with Crippen LogP contribution in [0.4, 0.5) is 10.8 Å². The van der Waals surface area contributed by atoms with E-state index in [1.165, 1.54) is 18.9 Å². The highest BCUT2D eigenvalue weighted by Gasteiger charge is 2.19. The third kappa shape index (κ3) is 3.98. The maximum absolute atomic E-state index is 12.7. The van der Waals surface area contributed by atoms with Crippen molar-refractivity contribution >= 4 is 48.3 Å². The van der Waals surface area contributed by atoms with Gasteiger partial charge in [0.15, 0.2) is 5.13 Å². The molecule has 9 heteroatoms. The molecule has 0 spiro atoms. The third-order valence-electron chi connectivity index (χ3n) is 5.20. The van der Waals surface area contributed by atoms with Gasteiger partial charge in [-0.2, -0.15) is 0 Å². The van der Waals surface area contributed by atoms with E-state index < -0.39 is 10.0 Å². The first-order valence-electron chi connectivity index (χ1n) is 9.33. The SMILES string of the molecule is Cc1cc(C(=O)Nc2ccc3nc(N4CCCC4)sc3c2)cc(S(N)(=O)=O)c1C.